The van der Waals surface area contributed by atoms with Crippen LogP contribution in [0.25, 0.3) is 0 Å². The second-order valence-corrected chi connectivity index (χ2v) is 7.75. The molecule has 148 valence electrons. The van der Waals surface area contributed by atoms with Crippen LogP contribution in [0.15, 0.2) is 35.3 Å². The van der Waals surface area contributed by atoms with Crippen LogP contribution < -0.4 is 0 Å². The molecule has 28 heavy (non-hydrogen) atoms. The largest absolute Gasteiger partial charge is 0.481 e. The van der Waals surface area contributed by atoms with Gasteiger partial charge in [0.2, 0.25) is 5.90 Å². The number of benzene rings is 1. The third-order valence-corrected chi connectivity index (χ3v) is 4.89. The number of fused-ring (bicyclic) bond motifs is 1. The van der Waals surface area contributed by atoms with Gasteiger partial charge in [-0.3, -0.25) is 9.78 Å². The Morgan fingerprint density at radius 1 is 1.32 bits per heavy atom. The number of ketones is 1. The topological polar surface area (TPSA) is 71.8 Å². The Labute approximate surface area is 164 Å². The predicted molar refractivity (Wildman–Crippen MR) is 105 cm³/mol. The maximum Gasteiger partial charge on any atom is 0.218 e. The summed E-state index contributed by atoms with van der Waals surface area (Å²) in [4.78, 5) is 21.5. The van der Waals surface area contributed by atoms with E-state index in [9.17, 15) is 14.3 Å². The normalized spacial score (nSPS) is 14.4. The minimum absolute atomic E-state index is 0.0142. The summed E-state index contributed by atoms with van der Waals surface area (Å²) in [6, 6.07) is 8.08. The van der Waals surface area contributed by atoms with Gasteiger partial charge in [0.1, 0.15) is 17.2 Å². The molecule has 6 heteroatoms. The summed E-state index contributed by atoms with van der Waals surface area (Å²) in [6.45, 7) is 5.70. The Morgan fingerprint density at radius 2 is 2.00 bits per heavy atom. The lowest BCUT2D eigenvalue weighted by Gasteiger charge is -2.21. The SMILES string of the molecule is COC1=NCc2cc(CC(=O)C[C@H](C)c3ccc(F)cc3)nc(C(C)(C)O)c21. The Hall–Kier alpha value is -2.60. The molecule has 1 aromatic carbocycles. The van der Waals surface area contributed by atoms with E-state index >= 15 is 0 Å². The monoisotopic (exact) mass is 384 g/mol. The van der Waals surface area contributed by atoms with Crippen molar-refractivity contribution in [2.75, 3.05) is 7.11 Å². The maximum absolute atomic E-state index is 13.1. The molecule has 3 rings (SSSR count). The standard InChI is InChI=1S/C22H25FN2O3/c1-13(14-5-7-16(23)8-6-14)9-18(26)11-17-10-15-12-24-21(28-4)19(15)20(25-17)22(2,3)27/h5-8,10,13,27H,9,11-12H2,1-4H3/t13-/m0/s1. The molecule has 0 unspecified atom stereocenters. The molecule has 1 aliphatic heterocycles. The number of nitrogens with zero attached hydrogens (tertiary/aromatic N) is 2. The Kier molecular flexibility index (Phi) is 5.61. The third-order valence-electron chi connectivity index (χ3n) is 4.89. The summed E-state index contributed by atoms with van der Waals surface area (Å²) in [5.41, 5.74) is 2.43. The maximum atomic E-state index is 13.1. The number of pyridine rings is 1. The average molecular weight is 384 g/mol. The first-order chi connectivity index (χ1) is 13.2. The van der Waals surface area contributed by atoms with Gasteiger partial charge in [-0.1, -0.05) is 19.1 Å². The molecule has 1 aromatic heterocycles. The summed E-state index contributed by atoms with van der Waals surface area (Å²) in [5.74, 6) is 0.195. The van der Waals surface area contributed by atoms with E-state index in [1.807, 2.05) is 13.0 Å². The van der Waals surface area contributed by atoms with E-state index < -0.39 is 5.60 Å². The van der Waals surface area contributed by atoms with Crippen LogP contribution >= 0.6 is 0 Å². The van der Waals surface area contributed by atoms with Crippen molar-refractivity contribution in [3.63, 3.8) is 0 Å². The first-order valence-corrected chi connectivity index (χ1v) is 9.30. The van der Waals surface area contributed by atoms with Gasteiger partial charge in [-0.15, -0.1) is 0 Å². The molecular formula is C22H25FN2O3. The van der Waals surface area contributed by atoms with E-state index in [2.05, 4.69) is 9.98 Å². The highest BCUT2D eigenvalue weighted by Crippen LogP contribution is 2.30. The molecule has 1 aliphatic rings. The fraction of sp³-hybridized carbons (Fsp3) is 0.409. The Bertz CT molecular complexity index is 915. The number of carbonyl (C=O) groups excluding carboxylic acids is 1. The Morgan fingerprint density at radius 3 is 2.61 bits per heavy atom. The molecule has 0 aliphatic carbocycles. The van der Waals surface area contributed by atoms with Gasteiger partial charge in [-0.25, -0.2) is 9.38 Å². The van der Waals surface area contributed by atoms with Crippen LogP contribution in [0.2, 0.25) is 0 Å². The number of Topliss-reactive ketones (excluding diaryl/α,β-unsaturated/α-hetero) is 1. The average Bonchev–Trinajstić information content (AvgIpc) is 3.03. The molecule has 0 saturated carbocycles. The highest BCUT2D eigenvalue weighted by atomic mass is 19.1. The third kappa shape index (κ3) is 4.28. The van der Waals surface area contributed by atoms with Crippen molar-refractivity contribution >= 4 is 11.7 Å². The van der Waals surface area contributed by atoms with E-state index in [4.69, 9.17) is 4.74 Å². The number of methoxy groups -OCH3 is 1. The van der Waals surface area contributed by atoms with Gasteiger partial charge in [0.25, 0.3) is 0 Å². The number of aromatic nitrogens is 1. The van der Waals surface area contributed by atoms with Crippen molar-refractivity contribution in [3.8, 4) is 0 Å². The molecule has 5 nitrogen and oxygen atoms in total. The summed E-state index contributed by atoms with van der Waals surface area (Å²) < 4.78 is 18.4. The smallest absolute Gasteiger partial charge is 0.218 e. The lowest BCUT2D eigenvalue weighted by atomic mass is 9.92. The zero-order chi connectivity index (χ0) is 20.5. The zero-order valence-electron chi connectivity index (χ0n) is 16.6. The number of carbonyl (C=O) groups is 1. The number of rotatable bonds is 6. The van der Waals surface area contributed by atoms with E-state index in [1.165, 1.54) is 19.2 Å². The van der Waals surface area contributed by atoms with Crippen LogP contribution in [0.5, 0.6) is 0 Å². The summed E-state index contributed by atoms with van der Waals surface area (Å²) in [5, 5.41) is 10.6. The van der Waals surface area contributed by atoms with Gasteiger partial charge < -0.3 is 9.84 Å². The fourth-order valence-electron chi connectivity index (χ4n) is 3.48. The molecule has 1 N–H and O–H groups in total. The quantitative estimate of drug-likeness (QED) is 0.825. The molecule has 0 amide bonds. The van der Waals surface area contributed by atoms with Crippen molar-refractivity contribution in [2.24, 2.45) is 4.99 Å². The number of halogens is 1. The van der Waals surface area contributed by atoms with Gasteiger partial charge in [0.05, 0.1) is 24.9 Å². The number of hydrogen-bond donors (Lipinski definition) is 1. The molecule has 0 fully saturated rings. The summed E-state index contributed by atoms with van der Waals surface area (Å²) in [7, 11) is 1.54. The molecule has 0 radical (unpaired) electrons. The molecule has 0 saturated heterocycles. The minimum Gasteiger partial charge on any atom is -0.481 e. The zero-order valence-corrected chi connectivity index (χ0v) is 16.6. The number of aliphatic hydroxyl groups is 1. The first kappa shape index (κ1) is 20.1. The second-order valence-electron chi connectivity index (χ2n) is 7.75. The van der Waals surface area contributed by atoms with Crippen LogP contribution in [-0.2, 0) is 28.1 Å². The van der Waals surface area contributed by atoms with E-state index in [-0.39, 0.29) is 23.9 Å². The lowest BCUT2D eigenvalue weighted by molar-refractivity contribution is -0.118. The molecular weight excluding hydrogens is 359 g/mol. The fourth-order valence-corrected chi connectivity index (χ4v) is 3.48. The molecule has 0 bridgehead atoms. The van der Waals surface area contributed by atoms with Crippen molar-refractivity contribution < 1.29 is 19.0 Å². The van der Waals surface area contributed by atoms with Gasteiger partial charge in [0, 0.05) is 18.5 Å². The van der Waals surface area contributed by atoms with E-state index in [0.717, 1.165) is 11.1 Å². The van der Waals surface area contributed by atoms with E-state index in [0.29, 0.717) is 35.8 Å². The van der Waals surface area contributed by atoms with Crippen LogP contribution in [0.1, 0.15) is 61.2 Å². The van der Waals surface area contributed by atoms with Crippen LogP contribution in [0.4, 0.5) is 4.39 Å². The van der Waals surface area contributed by atoms with Crippen molar-refractivity contribution in [2.45, 2.75) is 51.7 Å². The lowest BCUT2D eigenvalue weighted by Crippen LogP contribution is -2.24. The highest BCUT2D eigenvalue weighted by molar-refractivity contribution is 5.99. The summed E-state index contributed by atoms with van der Waals surface area (Å²) in [6.07, 6.45) is 0.506. The first-order valence-electron chi connectivity index (χ1n) is 9.30. The van der Waals surface area contributed by atoms with Crippen LogP contribution in [-0.4, -0.2) is 28.9 Å². The number of ether oxygens (including phenoxy) is 1. The number of aliphatic imine (C=N–C) groups is 1. The van der Waals surface area contributed by atoms with Crippen molar-refractivity contribution in [3.05, 3.63) is 64.2 Å². The second kappa shape index (κ2) is 7.80. The summed E-state index contributed by atoms with van der Waals surface area (Å²) >= 11 is 0. The van der Waals surface area contributed by atoms with Crippen molar-refractivity contribution in [1.82, 2.24) is 4.98 Å². The van der Waals surface area contributed by atoms with Crippen molar-refractivity contribution in [1.29, 1.82) is 0 Å². The molecule has 2 aromatic rings. The van der Waals surface area contributed by atoms with Gasteiger partial charge in [-0.2, -0.15) is 0 Å². The van der Waals surface area contributed by atoms with Gasteiger partial charge >= 0.3 is 0 Å². The van der Waals surface area contributed by atoms with Gasteiger partial charge in [-0.05, 0) is 49.1 Å². The predicted octanol–water partition coefficient (Wildman–Crippen LogP) is 3.66. The van der Waals surface area contributed by atoms with Gasteiger partial charge in [0.15, 0.2) is 0 Å². The van der Waals surface area contributed by atoms with E-state index in [1.54, 1.807) is 26.0 Å². The Balaban J connectivity index is 1.79. The van der Waals surface area contributed by atoms with Crippen LogP contribution in [0, 0.1) is 5.82 Å². The minimum atomic E-state index is -1.19. The number of hydrogen-bond acceptors (Lipinski definition) is 5. The molecule has 0 spiro atoms. The molecule has 2 heterocycles. The molecule has 1 atom stereocenters. The highest BCUT2D eigenvalue weighted by Gasteiger charge is 2.31. The van der Waals surface area contributed by atoms with Crippen LogP contribution in [0.3, 0.4) is 0 Å².